The Bertz CT molecular complexity index is 313. The van der Waals surface area contributed by atoms with Crippen LogP contribution in [-0.2, 0) is 0 Å². The number of amides is 1. The van der Waals surface area contributed by atoms with Crippen LogP contribution in [0.1, 0.15) is 31.3 Å². The van der Waals surface area contributed by atoms with Crippen LogP contribution in [-0.4, -0.2) is 28.7 Å². The monoisotopic (exact) mass is 210 g/mol. The number of H-pyrrole nitrogens is 1. The van der Waals surface area contributed by atoms with Gasteiger partial charge < -0.3 is 11.1 Å². The highest BCUT2D eigenvalue weighted by atomic mass is 16.2. The summed E-state index contributed by atoms with van der Waals surface area (Å²) < 4.78 is 0. The summed E-state index contributed by atoms with van der Waals surface area (Å²) in [5.74, 6) is -0.169. The van der Waals surface area contributed by atoms with Crippen LogP contribution in [0.4, 0.5) is 0 Å². The first kappa shape index (κ1) is 11.7. The molecule has 0 radical (unpaired) electrons. The number of aromatic amines is 1. The van der Waals surface area contributed by atoms with E-state index in [1.807, 2.05) is 20.8 Å². The van der Waals surface area contributed by atoms with E-state index in [9.17, 15) is 4.79 Å². The van der Waals surface area contributed by atoms with Crippen molar-refractivity contribution in [2.45, 2.75) is 26.8 Å². The number of hydrogen-bond acceptors (Lipinski definition) is 3. The maximum absolute atomic E-state index is 11.7. The van der Waals surface area contributed by atoms with Crippen molar-refractivity contribution in [2.75, 3.05) is 6.54 Å². The van der Waals surface area contributed by atoms with Gasteiger partial charge in [0.25, 0.3) is 5.91 Å². The second kappa shape index (κ2) is 4.44. The van der Waals surface area contributed by atoms with Gasteiger partial charge in [0.15, 0.2) is 0 Å². The van der Waals surface area contributed by atoms with Crippen molar-refractivity contribution in [3.05, 3.63) is 18.0 Å². The molecule has 0 bridgehead atoms. The second-order valence-corrected chi connectivity index (χ2v) is 4.60. The first-order chi connectivity index (χ1) is 6.95. The highest BCUT2D eigenvalue weighted by Crippen LogP contribution is 2.18. The van der Waals surface area contributed by atoms with Gasteiger partial charge in [0.05, 0.1) is 0 Å². The minimum atomic E-state index is -0.169. The molecule has 1 atom stereocenters. The fourth-order valence-electron chi connectivity index (χ4n) is 1.25. The van der Waals surface area contributed by atoms with Crippen molar-refractivity contribution in [2.24, 2.45) is 11.1 Å². The average molecular weight is 210 g/mol. The highest BCUT2D eigenvalue weighted by Gasteiger charge is 2.25. The van der Waals surface area contributed by atoms with Crippen molar-refractivity contribution in [1.29, 1.82) is 0 Å². The Balaban J connectivity index is 2.65. The summed E-state index contributed by atoms with van der Waals surface area (Å²) in [5.41, 5.74) is 6.03. The Morgan fingerprint density at radius 2 is 2.33 bits per heavy atom. The highest BCUT2D eigenvalue weighted by molar-refractivity contribution is 5.92. The summed E-state index contributed by atoms with van der Waals surface area (Å²) in [4.78, 5) is 11.7. The van der Waals surface area contributed by atoms with E-state index < -0.39 is 0 Å². The van der Waals surface area contributed by atoms with Gasteiger partial charge in [-0.15, -0.1) is 0 Å². The topological polar surface area (TPSA) is 83.8 Å². The molecule has 0 fully saturated rings. The molecule has 1 unspecified atom stereocenters. The Morgan fingerprint density at radius 3 is 2.73 bits per heavy atom. The molecule has 4 N–H and O–H groups in total. The zero-order valence-corrected chi connectivity index (χ0v) is 9.37. The average Bonchev–Trinajstić information content (AvgIpc) is 2.64. The van der Waals surface area contributed by atoms with Crippen LogP contribution in [0.5, 0.6) is 0 Å². The second-order valence-electron chi connectivity index (χ2n) is 4.60. The summed E-state index contributed by atoms with van der Waals surface area (Å²) in [6.07, 6.45) is 1.55. The summed E-state index contributed by atoms with van der Waals surface area (Å²) in [5, 5.41) is 9.21. The van der Waals surface area contributed by atoms with Crippen LogP contribution in [0.25, 0.3) is 0 Å². The predicted octanol–water partition coefficient (Wildman–Crippen LogP) is 0.513. The Hall–Kier alpha value is -1.36. The number of nitrogens with zero attached hydrogens (tertiary/aromatic N) is 1. The normalized spacial score (nSPS) is 13.6. The number of hydrogen-bond donors (Lipinski definition) is 3. The van der Waals surface area contributed by atoms with Crippen molar-refractivity contribution in [1.82, 2.24) is 15.5 Å². The van der Waals surface area contributed by atoms with Gasteiger partial charge in [0.2, 0.25) is 0 Å². The van der Waals surface area contributed by atoms with Gasteiger partial charge >= 0.3 is 0 Å². The van der Waals surface area contributed by atoms with Crippen molar-refractivity contribution >= 4 is 5.91 Å². The van der Waals surface area contributed by atoms with E-state index in [1.165, 1.54) is 0 Å². The molecule has 0 spiro atoms. The number of carbonyl (C=O) groups is 1. The standard InChI is InChI=1S/C10H18N4O/c1-10(2,3)8(6-11)13-9(15)7-4-5-12-14-7/h4-5,8H,6,11H2,1-3H3,(H,12,14)(H,13,15). The molecule has 0 aliphatic carbocycles. The molecule has 1 aromatic heterocycles. The summed E-state index contributed by atoms with van der Waals surface area (Å²) in [6.45, 7) is 6.54. The SMILES string of the molecule is CC(C)(C)C(CN)NC(=O)c1ccn[nH]1. The van der Waals surface area contributed by atoms with E-state index in [0.29, 0.717) is 12.2 Å². The lowest BCUT2D eigenvalue weighted by Gasteiger charge is -2.30. The van der Waals surface area contributed by atoms with Crippen molar-refractivity contribution in [3.8, 4) is 0 Å². The summed E-state index contributed by atoms with van der Waals surface area (Å²) in [6, 6.07) is 1.58. The molecule has 1 heterocycles. The Labute approximate surface area is 89.4 Å². The van der Waals surface area contributed by atoms with Crippen LogP contribution < -0.4 is 11.1 Å². The molecule has 84 valence electrons. The van der Waals surface area contributed by atoms with E-state index in [-0.39, 0.29) is 17.4 Å². The maximum atomic E-state index is 11.7. The molecule has 0 aliphatic heterocycles. The third kappa shape index (κ3) is 3.06. The molecule has 1 amide bonds. The fraction of sp³-hybridized carbons (Fsp3) is 0.600. The molecule has 15 heavy (non-hydrogen) atoms. The molecule has 0 aliphatic rings. The Kier molecular flexibility index (Phi) is 3.47. The predicted molar refractivity (Wildman–Crippen MR) is 58.4 cm³/mol. The zero-order valence-electron chi connectivity index (χ0n) is 9.37. The zero-order chi connectivity index (χ0) is 11.5. The van der Waals surface area contributed by atoms with Crippen LogP contribution in [0, 0.1) is 5.41 Å². The number of aromatic nitrogens is 2. The van der Waals surface area contributed by atoms with Crippen LogP contribution in [0.15, 0.2) is 12.3 Å². The molecule has 5 nitrogen and oxygen atoms in total. The van der Waals surface area contributed by atoms with E-state index >= 15 is 0 Å². The lowest BCUT2D eigenvalue weighted by Crippen LogP contribution is -2.48. The molecule has 1 rings (SSSR count). The summed E-state index contributed by atoms with van der Waals surface area (Å²) >= 11 is 0. The first-order valence-corrected chi connectivity index (χ1v) is 4.95. The lowest BCUT2D eigenvalue weighted by molar-refractivity contribution is 0.0900. The molecule has 0 aromatic carbocycles. The van der Waals surface area contributed by atoms with E-state index in [4.69, 9.17) is 5.73 Å². The number of carbonyl (C=O) groups excluding carboxylic acids is 1. The van der Waals surface area contributed by atoms with Gasteiger partial charge in [-0.3, -0.25) is 9.89 Å². The van der Waals surface area contributed by atoms with Gasteiger partial charge in [-0.2, -0.15) is 5.10 Å². The molecular formula is C10H18N4O. The quantitative estimate of drug-likeness (QED) is 0.679. The number of rotatable bonds is 3. The fourth-order valence-corrected chi connectivity index (χ4v) is 1.25. The van der Waals surface area contributed by atoms with Gasteiger partial charge in [-0.05, 0) is 11.5 Å². The lowest BCUT2D eigenvalue weighted by atomic mass is 9.87. The van der Waals surface area contributed by atoms with E-state index in [0.717, 1.165) is 0 Å². The minimum absolute atomic E-state index is 0.0479. The van der Waals surface area contributed by atoms with Crippen LogP contribution >= 0.6 is 0 Å². The van der Waals surface area contributed by atoms with E-state index in [1.54, 1.807) is 12.3 Å². The molecular weight excluding hydrogens is 192 g/mol. The molecule has 1 aromatic rings. The number of nitrogens with two attached hydrogens (primary N) is 1. The summed E-state index contributed by atoms with van der Waals surface area (Å²) in [7, 11) is 0. The van der Waals surface area contributed by atoms with Crippen molar-refractivity contribution < 1.29 is 4.79 Å². The van der Waals surface area contributed by atoms with Gasteiger partial charge in [-0.1, -0.05) is 20.8 Å². The smallest absolute Gasteiger partial charge is 0.269 e. The Morgan fingerprint density at radius 1 is 1.67 bits per heavy atom. The van der Waals surface area contributed by atoms with Gasteiger partial charge in [0, 0.05) is 18.8 Å². The third-order valence-corrected chi connectivity index (χ3v) is 2.33. The molecule has 0 saturated heterocycles. The van der Waals surface area contributed by atoms with E-state index in [2.05, 4.69) is 15.5 Å². The number of nitrogens with one attached hydrogen (secondary N) is 2. The van der Waals surface area contributed by atoms with Crippen molar-refractivity contribution in [3.63, 3.8) is 0 Å². The molecule has 0 saturated carbocycles. The maximum Gasteiger partial charge on any atom is 0.269 e. The van der Waals surface area contributed by atoms with Gasteiger partial charge in [0.1, 0.15) is 5.69 Å². The van der Waals surface area contributed by atoms with Crippen LogP contribution in [0.2, 0.25) is 0 Å². The van der Waals surface area contributed by atoms with Gasteiger partial charge in [-0.25, -0.2) is 0 Å². The first-order valence-electron chi connectivity index (χ1n) is 4.95. The van der Waals surface area contributed by atoms with Crippen LogP contribution in [0.3, 0.4) is 0 Å². The molecule has 5 heteroatoms. The minimum Gasteiger partial charge on any atom is -0.346 e. The third-order valence-electron chi connectivity index (χ3n) is 2.33. The largest absolute Gasteiger partial charge is 0.346 e.